The first kappa shape index (κ1) is 12.4. The van der Waals surface area contributed by atoms with Gasteiger partial charge in [-0.25, -0.2) is 0 Å². The maximum absolute atomic E-state index is 5.82. The number of ether oxygens (including phenoxy) is 1. The fraction of sp³-hybridized carbons (Fsp3) is 0.600. The van der Waals surface area contributed by atoms with E-state index in [1.807, 2.05) is 0 Å². The van der Waals surface area contributed by atoms with Crippen molar-refractivity contribution in [3.05, 3.63) is 29.3 Å². The summed E-state index contributed by atoms with van der Waals surface area (Å²) in [7, 11) is 0. The number of hydrogen-bond donors (Lipinski definition) is 1. The molecule has 0 radical (unpaired) electrons. The van der Waals surface area contributed by atoms with E-state index >= 15 is 0 Å². The minimum Gasteiger partial charge on any atom is -0.493 e. The van der Waals surface area contributed by atoms with Crippen LogP contribution in [0.25, 0.3) is 0 Å². The van der Waals surface area contributed by atoms with Gasteiger partial charge < -0.3 is 10.1 Å². The fourth-order valence-corrected chi connectivity index (χ4v) is 2.41. The largest absolute Gasteiger partial charge is 0.493 e. The van der Waals surface area contributed by atoms with Crippen LogP contribution in [0, 0.1) is 0 Å². The summed E-state index contributed by atoms with van der Waals surface area (Å²) in [4.78, 5) is 0. The van der Waals surface area contributed by atoms with E-state index in [4.69, 9.17) is 4.74 Å². The molecule has 0 saturated carbocycles. The van der Waals surface area contributed by atoms with E-state index < -0.39 is 0 Å². The van der Waals surface area contributed by atoms with Crippen molar-refractivity contribution in [2.45, 2.75) is 45.6 Å². The van der Waals surface area contributed by atoms with Crippen molar-refractivity contribution in [1.82, 2.24) is 5.32 Å². The van der Waals surface area contributed by atoms with Crippen LogP contribution in [0.5, 0.6) is 5.75 Å². The molecule has 0 aliphatic carbocycles. The van der Waals surface area contributed by atoms with Crippen LogP contribution < -0.4 is 10.1 Å². The van der Waals surface area contributed by atoms with Crippen molar-refractivity contribution >= 4 is 0 Å². The molecule has 17 heavy (non-hydrogen) atoms. The third kappa shape index (κ3) is 2.81. The molecule has 2 rings (SSSR count). The molecule has 1 atom stereocenters. The number of hydrogen-bond acceptors (Lipinski definition) is 2. The molecule has 1 N–H and O–H groups in total. The first-order chi connectivity index (χ1) is 8.22. The normalized spacial score (nSPS) is 19.6. The number of nitrogens with one attached hydrogen (secondary N) is 1. The first-order valence-corrected chi connectivity index (χ1v) is 6.72. The van der Waals surface area contributed by atoms with Crippen LogP contribution in [-0.2, 0) is 0 Å². The van der Waals surface area contributed by atoms with Gasteiger partial charge >= 0.3 is 0 Å². The highest BCUT2D eigenvalue weighted by molar-refractivity contribution is 5.41. The number of fused-ring (bicyclic) bond motifs is 1. The standard InChI is InChI=1S/C15H23NO/c1-4-16-14-6-5-9-17-15-8-7-12(11(2)3)10-13(14)15/h7-8,10-11,14,16H,4-6,9H2,1-3H3. The van der Waals surface area contributed by atoms with Gasteiger partial charge in [-0.15, -0.1) is 0 Å². The molecule has 2 heteroatoms. The predicted octanol–water partition coefficient (Wildman–Crippen LogP) is 3.63. The highest BCUT2D eigenvalue weighted by Gasteiger charge is 2.19. The first-order valence-electron chi connectivity index (χ1n) is 6.72. The summed E-state index contributed by atoms with van der Waals surface area (Å²) in [5.74, 6) is 1.64. The smallest absolute Gasteiger partial charge is 0.124 e. The Morgan fingerprint density at radius 3 is 2.94 bits per heavy atom. The molecule has 1 unspecified atom stereocenters. The van der Waals surface area contributed by atoms with Crippen LogP contribution in [0.1, 0.15) is 56.7 Å². The van der Waals surface area contributed by atoms with Gasteiger partial charge in [0.2, 0.25) is 0 Å². The third-order valence-electron chi connectivity index (χ3n) is 3.42. The Balaban J connectivity index is 2.35. The number of benzene rings is 1. The molecular weight excluding hydrogens is 210 g/mol. The highest BCUT2D eigenvalue weighted by atomic mass is 16.5. The van der Waals surface area contributed by atoms with Crippen molar-refractivity contribution in [3.8, 4) is 5.75 Å². The fourth-order valence-electron chi connectivity index (χ4n) is 2.41. The lowest BCUT2D eigenvalue weighted by Gasteiger charge is -2.19. The molecule has 1 aliphatic heterocycles. The molecule has 0 bridgehead atoms. The topological polar surface area (TPSA) is 21.3 Å². The van der Waals surface area contributed by atoms with Crippen LogP contribution in [0.15, 0.2) is 18.2 Å². The average molecular weight is 233 g/mol. The summed E-state index contributed by atoms with van der Waals surface area (Å²) in [6, 6.07) is 7.10. The molecule has 94 valence electrons. The van der Waals surface area contributed by atoms with Crippen LogP contribution in [-0.4, -0.2) is 13.2 Å². The summed E-state index contributed by atoms with van der Waals surface area (Å²) in [6.45, 7) is 8.49. The molecule has 0 amide bonds. The Bertz CT molecular complexity index is 373. The van der Waals surface area contributed by atoms with Crippen LogP contribution in [0.4, 0.5) is 0 Å². The van der Waals surface area contributed by atoms with Gasteiger partial charge in [0.25, 0.3) is 0 Å². The average Bonchev–Trinajstić information content (AvgIpc) is 2.52. The lowest BCUT2D eigenvalue weighted by molar-refractivity contribution is 0.315. The summed E-state index contributed by atoms with van der Waals surface area (Å²) < 4.78 is 5.82. The van der Waals surface area contributed by atoms with Gasteiger partial charge in [0.15, 0.2) is 0 Å². The van der Waals surface area contributed by atoms with Crippen molar-refractivity contribution in [2.75, 3.05) is 13.2 Å². The summed E-state index contributed by atoms with van der Waals surface area (Å²) in [6.07, 6.45) is 2.30. The van der Waals surface area contributed by atoms with Gasteiger partial charge in [0.1, 0.15) is 5.75 Å². The van der Waals surface area contributed by atoms with Gasteiger partial charge in [-0.2, -0.15) is 0 Å². The lowest BCUT2D eigenvalue weighted by atomic mass is 9.95. The molecular formula is C15H23NO. The zero-order valence-corrected chi connectivity index (χ0v) is 11.1. The van der Waals surface area contributed by atoms with Crippen LogP contribution >= 0.6 is 0 Å². The molecule has 1 aliphatic rings. The predicted molar refractivity (Wildman–Crippen MR) is 71.7 cm³/mol. The molecule has 0 fully saturated rings. The minimum atomic E-state index is 0.455. The molecule has 1 aromatic carbocycles. The maximum atomic E-state index is 5.82. The van der Waals surface area contributed by atoms with Gasteiger partial charge in [0.05, 0.1) is 6.61 Å². The Hall–Kier alpha value is -1.02. The van der Waals surface area contributed by atoms with E-state index in [0.717, 1.165) is 25.3 Å². The molecule has 0 aromatic heterocycles. The zero-order chi connectivity index (χ0) is 12.3. The van der Waals surface area contributed by atoms with E-state index in [1.54, 1.807) is 0 Å². The maximum Gasteiger partial charge on any atom is 0.124 e. The summed E-state index contributed by atoms with van der Waals surface area (Å²) in [5, 5.41) is 3.57. The van der Waals surface area contributed by atoms with Crippen molar-refractivity contribution < 1.29 is 4.74 Å². The van der Waals surface area contributed by atoms with Crippen LogP contribution in [0.2, 0.25) is 0 Å². The van der Waals surface area contributed by atoms with E-state index in [0.29, 0.717) is 12.0 Å². The highest BCUT2D eigenvalue weighted by Crippen LogP contribution is 2.33. The second-order valence-corrected chi connectivity index (χ2v) is 5.05. The second-order valence-electron chi connectivity index (χ2n) is 5.05. The quantitative estimate of drug-likeness (QED) is 0.860. The zero-order valence-electron chi connectivity index (χ0n) is 11.1. The molecule has 0 spiro atoms. The van der Waals surface area contributed by atoms with E-state index in [9.17, 15) is 0 Å². The molecule has 1 heterocycles. The number of rotatable bonds is 3. The SMILES string of the molecule is CCNC1CCCOc2ccc(C(C)C)cc21. The lowest BCUT2D eigenvalue weighted by Crippen LogP contribution is -2.20. The summed E-state index contributed by atoms with van der Waals surface area (Å²) >= 11 is 0. The van der Waals surface area contributed by atoms with E-state index in [-0.39, 0.29) is 0 Å². The van der Waals surface area contributed by atoms with Crippen molar-refractivity contribution in [1.29, 1.82) is 0 Å². The Labute approximate surface area is 104 Å². The molecule has 0 saturated heterocycles. The Morgan fingerprint density at radius 1 is 1.41 bits per heavy atom. The Kier molecular flexibility index (Phi) is 4.06. The van der Waals surface area contributed by atoms with Crippen molar-refractivity contribution in [3.63, 3.8) is 0 Å². The Morgan fingerprint density at radius 2 is 2.24 bits per heavy atom. The van der Waals surface area contributed by atoms with E-state index in [2.05, 4.69) is 44.3 Å². The van der Waals surface area contributed by atoms with Gasteiger partial charge in [0, 0.05) is 11.6 Å². The minimum absolute atomic E-state index is 0.455. The molecule has 1 aromatic rings. The van der Waals surface area contributed by atoms with E-state index in [1.165, 1.54) is 17.5 Å². The van der Waals surface area contributed by atoms with Gasteiger partial charge in [-0.05, 0) is 36.9 Å². The van der Waals surface area contributed by atoms with Crippen LogP contribution in [0.3, 0.4) is 0 Å². The third-order valence-corrected chi connectivity index (χ3v) is 3.42. The second kappa shape index (κ2) is 5.54. The van der Waals surface area contributed by atoms with Crippen molar-refractivity contribution in [2.24, 2.45) is 0 Å². The summed E-state index contributed by atoms with van der Waals surface area (Å²) in [5.41, 5.74) is 2.74. The van der Waals surface area contributed by atoms with Gasteiger partial charge in [-0.1, -0.05) is 32.9 Å². The molecule has 2 nitrogen and oxygen atoms in total. The van der Waals surface area contributed by atoms with Gasteiger partial charge in [-0.3, -0.25) is 0 Å². The monoisotopic (exact) mass is 233 g/mol.